The SMILES string of the molecule is O.O.O.O.O.O[Si](O)(O)O.O[Si](O)(O)O.O[Si](O)(O)O.[Na+].[Na+].[OH-].[OH-].[Zr]. The molecule has 0 radical (unpaired) electrons. The smallest absolute Gasteiger partial charge is 0.870 e. The summed E-state index contributed by atoms with van der Waals surface area (Å²) < 4.78 is 0. The Morgan fingerprint density at radius 2 is 0.320 bits per heavy atom. The fourth-order valence-electron chi connectivity index (χ4n) is 0. The van der Waals surface area contributed by atoms with Crippen molar-refractivity contribution in [1.29, 1.82) is 0 Å². The summed E-state index contributed by atoms with van der Waals surface area (Å²) >= 11 is 0. The predicted molar refractivity (Wildman–Crippen MR) is 65.8 cm³/mol. The van der Waals surface area contributed by atoms with Crippen molar-refractivity contribution in [2.45, 2.75) is 0 Å². The molecule has 0 aromatic rings. The summed E-state index contributed by atoms with van der Waals surface area (Å²) in [6.45, 7) is 0. The third-order valence-corrected chi connectivity index (χ3v) is 0. The second-order valence-electron chi connectivity index (χ2n) is 1.80. The molecule has 0 aliphatic heterocycles. The van der Waals surface area contributed by atoms with E-state index in [4.69, 9.17) is 57.5 Å². The van der Waals surface area contributed by atoms with Crippen LogP contribution in [-0.2, 0) is 26.2 Å². The molecule has 156 valence electrons. The van der Waals surface area contributed by atoms with Crippen LogP contribution in [0.4, 0.5) is 0 Å². The Hall–Kier alpha value is 2.77. The first kappa shape index (κ1) is 91.2. The van der Waals surface area contributed by atoms with Crippen LogP contribution in [-0.4, -0.2) is 123 Å². The largest absolute Gasteiger partial charge is 1.00 e. The summed E-state index contributed by atoms with van der Waals surface area (Å²) in [5.74, 6) is 0. The van der Waals surface area contributed by atoms with E-state index in [1.165, 1.54) is 0 Å². The van der Waals surface area contributed by atoms with E-state index >= 15 is 0 Å². The first-order chi connectivity index (χ1) is 6.00. The van der Waals surface area contributed by atoms with E-state index in [2.05, 4.69) is 0 Å². The van der Waals surface area contributed by atoms with Crippen molar-refractivity contribution < 1.29 is 181 Å². The van der Waals surface area contributed by atoms with Crippen molar-refractivity contribution in [1.82, 2.24) is 0 Å². The number of hydrogen-bond donors (Lipinski definition) is 12. The van der Waals surface area contributed by atoms with Gasteiger partial charge in [-0.3, -0.25) is 0 Å². The minimum Gasteiger partial charge on any atom is -0.870 e. The van der Waals surface area contributed by atoms with Crippen LogP contribution in [0.1, 0.15) is 0 Å². The Bertz CT molecular complexity index is 104. The van der Waals surface area contributed by atoms with Gasteiger partial charge in [-0.25, -0.2) is 0 Å². The van der Waals surface area contributed by atoms with Gasteiger partial charge in [0.15, 0.2) is 0 Å². The van der Waals surface area contributed by atoms with E-state index in [0.717, 1.165) is 0 Å². The molecule has 25 heteroatoms. The van der Waals surface area contributed by atoms with Gasteiger partial charge in [0.1, 0.15) is 0 Å². The number of hydrogen-bond acceptors (Lipinski definition) is 14. The van der Waals surface area contributed by atoms with Crippen molar-refractivity contribution in [3.05, 3.63) is 0 Å². The van der Waals surface area contributed by atoms with Gasteiger partial charge in [0, 0.05) is 26.2 Å². The van der Waals surface area contributed by atoms with E-state index < -0.39 is 27.1 Å². The van der Waals surface area contributed by atoms with Crippen molar-refractivity contribution >= 4 is 27.1 Å². The molecule has 0 atom stereocenters. The zero-order valence-corrected chi connectivity index (χ0v) is 22.2. The van der Waals surface area contributed by atoms with Crippen molar-refractivity contribution in [2.75, 3.05) is 0 Å². The molecule has 0 rings (SSSR count). The average Bonchev–Trinajstić information content (AvgIpc) is 1.41. The fourth-order valence-corrected chi connectivity index (χ4v) is 0. The second kappa shape index (κ2) is 41.2. The average molecular weight is 550 g/mol. The van der Waals surface area contributed by atoms with E-state index in [1.54, 1.807) is 0 Å². The molecule has 0 aliphatic rings. The topological polar surface area (TPSA) is 460 Å². The summed E-state index contributed by atoms with van der Waals surface area (Å²) in [7, 11) is -13.8. The standard InChI is InChI=1S/2Na.3H4O4Si.7H2O.Zr/c;;3*1-5(2,3)4;;;;;;;;/h;;3*1-4H;7*1H2;/q2*+1;;;;;;;;;;;/p-2. The minimum absolute atomic E-state index is 0. The molecule has 0 aliphatic carbocycles. The maximum atomic E-state index is 7.33. The van der Waals surface area contributed by atoms with Crippen molar-refractivity contribution in [2.24, 2.45) is 0 Å². The van der Waals surface area contributed by atoms with E-state index in [9.17, 15) is 0 Å². The maximum absolute atomic E-state index is 7.33. The van der Waals surface area contributed by atoms with Crippen LogP contribution in [0.5, 0.6) is 0 Å². The fraction of sp³-hybridized carbons (Fsp3) is 0. The van der Waals surface area contributed by atoms with Gasteiger partial charge < -0.3 is 95.9 Å². The summed E-state index contributed by atoms with van der Waals surface area (Å²) in [5.41, 5.74) is 0. The quantitative estimate of drug-likeness (QED) is 0.125. The first-order valence-corrected chi connectivity index (χ1v) is 8.05. The van der Waals surface area contributed by atoms with Crippen molar-refractivity contribution in [3.8, 4) is 0 Å². The molecular formula is H24Na2O19Si3Zr. The summed E-state index contributed by atoms with van der Waals surface area (Å²) in [4.78, 5) is 87.9. The van der Waals surface area contributed by atoms with Gasteiger partial charge in [-0.15, -0.1) is 0 Å². The molecule has 25 heavy (non-hydrogen) atoms. The third kappa shape index (κ3) is 2140. The summed E-state index contributed by atoms with van der Waals surface area (Å²) in [6, 6.07) is 0. The Morgan fingerprint density at radius 1 is 0.320 bits per heavy atom. The van der Waals surface area contributed by atoms with Crippen LogP contribution in [0.25, 0.3) is 0 Å². The van der Waals surface area contributed by atoms with Gasteiger partial charge in [0.25, 0.3) is 0 Å². The van der Waals surface area contributed by atoms with Crippen LogP contribution in [0.2, 0.25) is 0 Å². The van der Waals surface area contributed by atoms with Crippen LogP contribution < -0.4 is 59.1 Å². The Balaban J connectivity index is -0.00000000655. The molecule has 24 N–H and O–H groups in total. The van der Waals surface area contributed by atoms with Crippen LogP contribution in [0.3, 0.4) is 0 Å². The first-order valence-electron chi connectivity index (χ1n) is 2.68. The van der Waals surface area contributed by atoms with E-state index in [-0.39, 0.29) is 124 Å². The Labute approximate surface area is 206 Å². The van der Waals surface area contributed by atoms with Crippen molar-refractivity contribution in [3.63, 3.8) is 0 Å². The molecule has 0 aromatic carbocycles. The van der Waals surface area contributed by atoms with Crippen LogP contribution >= 0.6 is 0 Å². The molecule has 0 heterocycles. The van der Waals surface area contributed by atoms with Gasteiger partial charge in [-0.1, -0.05) is 0 Å². The van der Waals surface area contributed by atoms with Gasteiger partial charge in [-0.05, 0) is 0 Å². The van der Waals surface area contributed by atoms with Gasteiger partial charge in [-0.2, -0.15) is 0 Å². The molecule has 0 unspecified atom stereocenters. The molecule has 0 saturated heterocycles. The van der Waals surface area contributed by atoms with Crippen LogP contribution in [0.15, 0.2) is 0 Å². The molecule has 0 amide bonds. The maximum Gasteiger partial charge on any atom is 1.00 e. The Morgan fingerprint density at radius 3 is 0.320 bits per heavy atom. The second-order valence-corrected chi connectivity index (χ2v) is 5.40. The minimum atomic E-state index is -4.61. The third-order valence-electron chi connectivity index (χ3n) is 0. The number of rotatable bonds is 0. The van der Waals surface area contributed by atoms with Gasteiger partial charge in [0.2, 0.25) is 0 Å². The summed E-state index contributed by atoms with van der Waals surface area (Å²) in [6.07, 6.45) is 0. The molecular weight excluding hydrogens is 525 g/mol. The van der Waals surface area contributed by atoms with Gasteiger partial charge >= 0.3 is 86.3 Å². The monoisotopic (exact) mass is 548 g/mol. The molecule has 0 spiro atoms. The normalized spacial score (nSPS) is 7.20. The molecule has 0 fully saturated rings. The summed E-state index contributed by atoms with van der Waals surface area (Å²) in [5, 5.41) is 0. The molecule has 0 bridgehead atoms. The zero-order chi connectivity index (χ0) is 13.5. The molecule has 0 aromatic heterocycles. The molecule has 0 saturated carbocycles. The van der Waals surface area contributed by atoms with Gasteiger partial charge in [0.05, 0.1) is 0 Å². The van der Waals surface area contributed by atoms with Crippen LogP contribution in [0, 0.1) is 0 Å². The van der Waals surface area contributed by atoms with E-state index in [0.29, 0.717) is 0 Å². The van der Waals surface area contributed by atoms with E-state index in [1.807, 2.05) is 0 Å². The zero-order valence-electron chi connectivity index (χ0n) is 12.8. The molecule has 19 nitrogen and oxygen atoms in total. The predicted octanol–water partition coefficient (Wildman–Crippen LogP) is -18.3. The Kier molecular flexibility index (Phi) is 150.